The number of pyridine rings is 1. The van der Waals surface area contributed by atoms with Crippen LogP contribution in [0.1, 0.15) is 5.56 Å². The summed E-state index contributed by atoms with van der Waals surface area (Å²) in [7, 11) is -2.27. The first-order chi connectivity index (χ1) is 14.0. The summed E-state index contributed by atoms with van der Waals surface area (Å²) in [6.45, 7) is 1.91. The van der Waals surface area contributed by atoms with Crippen LogP contribution in [-0.4, -0.2) is 15.5 Å². The van der Waals surface area contributed by atoms with Crippen molar-refractivity contribution in [3.8, 4) is 17.0 Å². The van der Waals surface area contributed by atoms with Gasteiger partial charge in [0.1, 0.15) is 5.75 Å². The SMILES string of the molecule is COc1ccc(-c2cc3ccccc3c[n+]2[N-]S(=O)(=O)c2ccc(C)cc2)cc1. The molecule has 0 atom stereocenters. The molecule has 4 aromatic rings. The van der Waals surface area contributed by atoms with Crippen LogP contribution in [0.15, 0.2) is 90.0 Å². The van der Waals surface area contributed by atoms with E-state index >= 15 is 0 Å². The lowest BCUT2D eigenvalue weighted by Crippen LogP contribution is -2.34. The Morgan fingerprint density at radius 2 is 1.52 bits per heavy atom. The number of benzene rings is 3. The van der Waals surface area contributed by atoms with Gasteiger partial charge in [-0.25, -0.2) is 13.1 Å². The fourth-order valence-corrected chi connectivity index (χ4v) is 4.03. The Morgan fingerprint density at radius 1 is 0.862 bits per heavy atom. The summed E-state index contributed by atoms with van der Waals surface area (Å²) in [5, 5.41) is 1.89. The molecule has 1 heterocycles. The standard InChI is InChI=1S/C23H20N2O3S/c1-17-7-13-22(14-8-17)29(26,27)24-25-16-20-6-4-3-5-19(20)15-23(25)18-9-11-21(28-2)12-10-18/h3-16H,1-2H3. The second kappa shape index (κ2) is 7.56. The molecule has 146 valence electrons. The lowest BCUT2D eigenvalue weighted by Gasteiger charge is -2.18. The number of aromatic nitrogens is 1. The molecule has 0 saturated heterocycles. The molecule has 0 saturated carbocycles. The van der Waals surface area contributed by atoms with Crippen LogP contribution < -0.4 is 9.41 Å². The summed E-state index contributed by atoms with van der Waals surface area (Å²) < 4.78 is 32.5. The lowest BCUT2D eigenvalue weighted by molar-refractivity contribution is -0.600. The number of nitrogens with zero attached hydrogens (tertiary/aromatic N) is 2. The molecule has 0 radical (unpaired) electrons. The summed E-state index contributed by atoms with van der Waals surface area (Å²) in [6, 6.07) is 23.8. The van der Waals surface area contributed by atoms with Gasteiger partial charge in [0, 0.05) is 17.0 Å². The van der Waals surface area contributed by atoms with Gasteiger partial charge >= 0.3 is 0 Å². The normalized spacial score (nSPS) is 11.4. The van der Waals surface area contributed by atoms with Gasteiger partial charge in [-0.2, -0.15) is 0 Å². The van der Waals surface area contributed by atoms with Crippen molar-refractivity contribution in [3.63, 3.8) is 0 Å². The molecule has 0 aliphatic rings. The predicted octanol–water partition coefficient (Wildman–Crippen LogP) is 4.64. The fourth-order valence-electron chi connectivity index (χ4n) is 3.09. The summed E-state index contributed by atoms with van der Waals surface area (Å²) in [6.07, 6.45) is 1.74. The number of rotatable bonds is 5. The average Bonchev–Trinajstić information content (AvgIpc) is 2.73. The first-order valence-corrected chi connectivity index (χ1v) is 10.5. The van der Waals surface area contributed by atoms with Gasteiger partial charge in [0.15, 0.2) is 16.2 Å². The number of ether oxygens (including phenoxy) is 1. The van der Waals surface area contributed by atoms with Crippen LogP contribution in [-0.2, 0) is 10.0 Å². The zero-order chi connectivity index (χ0) is 20.4. The van der Waals surface area contributed by atoms with E-state index in [0.717, 1.165) is 27.6 Å². The van der Waals surface area contributed by atoms with Gasteiger partial charge in [-0.05, 0) is 54.8 Å². The molecular formula is C23H20N2O3S. The minimum atomic E-state index is -3.88. The van der Waals surface area contributed by atoms with Crippen LogP contribution in [0.3, 0.4) is 0 Å². The molecule has 3 aromatic carbocycles. The molecule has 0 fully saturated rings. The minimum Gasteiger partial charge on any atom is -0.497 e. The van der Waals surface area contributed by atoms with Crippen LogP contribution in [0.2, 0.25) is 0 Å². The van der Waals surface area contributed by atoms with Crippen molar-refractivity contribution >= 4 is 20.8 Å². The summed E-state index contributed by atoms with van der Waals surface area (Å²) in [5.74, 6) is 0.727. The van der Waals surface area contributed by atoms with Gasteiger partial charge < -0.3 is 9.57 Å². The van der Waals surface area contributed by atoms with Crippen LogP contribution >= 0.6 is 0 Å². The van der Waals surface area contributed by atoms with Gasteiger partial charge in [0.25, 0.3) is 0 Å². The maximum absolute atomic E-state index is 12.9. The Bertz CT molecular complexity index is 1270. The quantitative estimate of drug-likeness (QED) is 0.455. The van der Waals surface area contributed by atoms with Crippen molar-refractivity contribution in [2.24, 2.45) is 0 Å². The molecular weight excluding hydrogens is 384 g/mol. The van der Waals surface area contributed by atoms with Gasteiger partial charge in [-0.1, -0.05) is 35.9 Å². The highest BCUT2D eigenvalue weighted by atomic mass is 32.2. The zero-order valence-corrected chi connectivity index (χ0v) is 16.9. The average molecular weight is 404 g/mol. The zero-order valence-electron chi connectivity index (χ0n) is 16.1. The van der Waals surface area contributed by atoms with Crippen LogP contribution in [0.5, 0.6) is 5.75 Å². The van der Waals surface area contributed by atoms with Crippen molar-refractivity contribution in [3.05, 3.63) is 95.5 Å². The third-order valence-corrected chi connectivity index (χ3v) is 5.96. The van der Waals surface area contributed by atoms with E-state index in [4.69, 9.17) is 4.74 Å². The summed E-state index contributed by atoms with van der Waals surface area (Å²) in [4.78, 5) is 4.27. The Labute approximate surface area is 170 Å². The third-order valence-electron chi connectivity index (χ3n) is 4.70. The second-order valence-corrected chi connectivity index (χ2v) is 8.32. The third kappa shape index (κ3) is 3.93. The maximum atomic E-state index is 12.9. The van der Waals surface area contributed by atoms with Crippen LogP contribution in [0.4, 0.5) is 0 Å². The lowest BCUT2D eigenvalue weighted by atomic mass is 10.1. The molecule has 0 amide bonds. The Kier molecular flexibility index (Phi) is 4.94. The van der Waals surface area contributed by atoms with Gasteiger partial charge in [-0.15, -0.1) is 0 Å². The Hall–Kier alpha value is -3.38. The first kappa shape index (κ1) is 19.0. The number of sulfonamides is 1. The number of hydrogen-bond acceptors (Lipinski definition) is 3. The van der Waals surface area contributed by atoms with Crippen molar-refractivity contribution in [1.29, 1.82) is 0 Å². The topological polar surface area (TPSA) is 61.4 Å². The molecule has 0 aliphatic heterocycles. The molecule has 6 heteroatoms. The van der Waals surface area contributed by atoms with Crippen molar-refractivity contribution < 1.29 is 17.8 Å². The number of fused-ring (bicyclic) bond motifs is 1. The van der Waals surface area contributed by atoms with E-state index in [1.165, 1.54) is 4.68 Å². The van der Waals surface area contributed by atoms with Gasteiger partial charge in [0.2, 0.25) is 5.69 Å². The molecule has 0 bridgehead atoms. The second-order valence-electron chi connectivity index (χ2n) is 6.73. The molecule has 4 rings (SSSR count). The molecule has 29 heavy (non-hydrogen) atoms. The highest BCUT2D eigenvalue weighted by Gasteiger charge is 2.16. The minimum absolute atomic E-state index is 0.157. The molecule has 0 unspecified atom stereocenters. The number of aryl methyl sites for hydroxylation is 1. The summed E-state index contributed by atoms with van der Waals surface area (Å²) >= 11 is 0. The van der Waals surface area contributed by atoms with E-state index in [9.17, 15) is 8.42 Å². The van der Waals surface area contributed by atoms with E-state index in [2.05, 4.69) is 4.83 Å². The molecule has 0 N–H and O–H groups in total. The van der Waals surface area contributed by atoms with Crippen LogP contribution in [0.25, 0.3) is 26.9 Å². The highest BCUT2D eigenvalue weighted by molar-refractivity contribution is 7.93. The first-order valence-electron chi connectivity index (χ1n) is 9.10. The van der Waals surface area contributed by atoms with E-state index < -0.39 is 10.0 Å². The van der Waals surface area contributed by atoms with Crippen molar-refractivity contribution in [2.75, 3.05) is 7.11 Å². The number of methoxy groups -OCH3 is 1. The smallest absolute Gasteiger partial charge is 0.209 e. The Balaban J connectivity index is 1.84. The van der Waals surface area contributed by atoms with Crippen molar-refractivity contribution in [2.45, 2.75) is 11.8 Å². The monoisotopic (exact) mass is 404 g/mol. The van der Waals surface area contributed by atoms with Gasteiger partial charge in [0.05, 0.1) is 12.0 Å². The van der Waals surface area contributed by atoms with Crippen LogP contribution in [0, 0.1) is 6.92 Å². The molecule has 0 aliphatic carbocycles. The molecule has 1 aromatic heterocycles. The predicted molar refractivity (Wildman–Crippen MR) is 113 cm³/mol. The van der Waals surface area contributed by atoms with Gasteiger partial charge in [-0.3, -0.25) is 0 Å². The maximum Gasteiger partial charge on any atom is 0.209 e. The highest BCUT2D eigenvalue weighted by Crippen LogP contribution is 2.25. The van der Waals surface area contributed by atoms with E-state index in [1.807, 2.05) is 61.5 Å². The Morgan fingerprint density at radius 3 is 2.17 bits per heavy atom. The largest absolute Gasteiger partial charge is 0.497 e. The van der Waals surface area contributed by atoms with E-state index in [0.29, 0.717) is 5.69 Å². The molecule has 0 spiro atoms. The number of hydrogen-bond donors (Lipinski definition) is 0. The fraction of sp³-hybridized carbons (Fsp3) is 0.0870. The van der Waals surface area contributed by atoms with E-state index in [-0.39, 0.29) is 4.90 Å². The van der Waals surface area contributed by atoms with Crippen molar-refractivity contribution in [1.82, 2.24) is 0 Å². The molecule has 5 nitrogen and oxygen atoms in total. The summed E-state index contributed by atoms with van der Waals surface area (Å²) in [5.41, 5.74) is 2.49. The van der Waals surface area contributed by atoms with E-state index in [1.54, 1.807) is 37.6 Å².